The zero-order valence-corrected chi connectivity index (χ0v) is 20.7. The highest BCUT2D eigenvalue weighted by molar-refractivity contribution is 7.18. The van der Waals surface area contributed by atoms with Crippen molar-refractivity contribution in [3.63, 3.8) is 0 Å². The Morgan fingerprint density at radius 2 is 1.97 bits per heavy atom. The zero-order valence-electron chi connectivity index (χ0n) is 19.9. The number of carbonyl (C=O) groups excluding carboxylic acids is 1. The van der Waals surface area contributed by atoms with Crippen LogP contribution in [0.15, 0.2) is 42.5 Å². The molecule has 0 unspecified atom stereocenters. The Hall–Kier alpha value is -2.56. The summed E-state index contributed by atoms with van der Waals surface area (Å²) >= 11 is 1.65. The number of benzene rings is 2. The van der Waals surface area contributed by atoms with Gasteiger partial charge in [0.15, 0.2) is 0 Å². The number of thiazole rings is 1. The standard InChI is InChI=1S/C26H32N4O4S/c1-17-27-22-13-20(6-7-24(22)35-17)34-16-19(31)14-29-8-10-30(11-9-29)15-25(33)28-26-21-5-3-2-4-18(21)12-23(26)32/h2-7,13,19,23,26,31-32H,8-12,14-16H2,1H3,(H,28,33)/t19-,23-,26+/m1/s1. The predicted octanol–water partition coefficient (Wildman–Crippen LogP) is 1.74. The molecule has 0 saturated carbocycles. The van der Waals surface area contributed by atoms with Crippen LogP contribution < -0.4 is 10.1 Å². The minimum absolute atomic E-state index is 0.0695. The number of nitrogens with one attached hydrogen (secondary N) is 1. The molecular formula is C26H32N4O4S. The Morgan fingerprint density at radius 3 is 2.80 bits per heavy atom. The average molecular weight is 497 g/mol. The van der Waals surface area contributed by atoms with Crippen molar-refractivity contribution in [1.82, 2.24) is 20.1 Å². The number of hydrogen-bond donors (Lipinski definition) is 3. The highest BCUT2D eigenvalue weighted by Gasteiger charge is 2.32. The van der Waals surface area contributed by atoms with E-state index in [2.05, 4.69) is 20.1 Å². The SMILES string of the molecule is Cc1nc2cc(OC[C@H](O)CN3CCN(CC(=O)N[C@H]4c5ccccc5C[C@H]4O)CC3)ccc2s1. The van der Waals surface area contributed by atoms with Crippen LogP contribution in [0.3, 0.4) is 0 Å². The van der Waals surface area contributed by atoms with Crippen LogP contribution in [0.4, 0.5) is 0 Å². The summed E-state index contributed by atoms with van der Waals surface area (Å²) in [6.07, 6.45) is -0.601. The van der Waals surface area contributed by atoms with Crippen LogP contribution in [0.2, 0.25) is 0 Å². The maximum absolute atomic E-state index is 12.6. The molecule has 9 heteroatoms. The Morgan fingerprint density at radius 1 is 1.20 bits per heavy atom. The maximum atomic E-state index is 12.6. The van der Waals surface area contributed by atoms with Crippen LogP contribution in [0.25, 0.3) is 10.2 Å². The van der Waals surface area contributed by atoms with Crippen molar-refractivity contribution >= 4 is 27.5 Å². The molecule has 1 amide bonds. The second-order valence-corrected chi connectivity index (χ2v) is 10.7. The summed E-state index contributed by atoms with van der Waals surface area (Å²) in [5.74, 6) is 0.646. The van der Waals surface area contributed by atoms with Crippen molar-refractivity contribution in [3.05, 3.63) is 58.6 Å². The van der Waals surface area contributed by atoms with Gasteiger partial charge in [0.25, 0.3) is 0 Å². The van der Waals surface area contributed by atoms with Crippen molar-refractivity contribution in [1.29, 1.82) is 0 Å². The molecule has 1 saturated heterocycles. The normalized spacial score (nSPS) is 21.7. The number of fused-ring (bicyclic) bond motifs is 2. The van der Waals surface area contributed by atoms with E-state index in [0.717, 1.165) is 52.5 Å². The number of hydrogen-bond acceptors (Lipinski definition) is 8. The van der Waals surface area contributed by atoms with Crippen LogP contribution in [0.1, 0.15) is 22.2 Å². The molecule has 8 nitrogen and oxygen atoms in total. The van der Waals surface area contributed by atoms with E-state index in [9.17, 15) is 15.0 Å². The molecule has 1 aromatic heterocycles. The fourth-order valence-corrected chi connectivity index (χ4v) is 5.76. The summed E-state index contributed by atoms with van der Waals surface area (Å²) in [6.45, 7) is 6.12. The van der Waals surface area contributed by atoms with Gasteiger partial charge in [0.2, 0.25) is 5.91 Å². The molecule has 2 aliphatic rings. The Bertz CT molecular complexity index is 1180. The van der Waals surface area contributed by atoms with Gasteiger partial charge in [-0.05, 0) is 30.2 Å². The van der Waals surface area contributed by atoms with Crippen molar-refractivity contribution in [3.8, 4) is 5.75 Å². The van der Waals surface area contributed by atoms with Gasteiger partial charge in [0, 0.05) is 45.2 Å². The van der Waals surface area contributed by atoms with Gasteiger partial charge in [-0.3, -0.25) is 14.6 Å². The lowest BCUT2D eigenvalue weighted by Crippen LogP contribution is -2.51. The van der Waals surface area contributed by atoms with E-state index in [-0.39, 0.29) is 18.6 Å². The summed E-state index contributed by atoms with van der Waals surface area (Å²) in [5.41, 5.74) is 3.03. The number of aliphatic hydroxyl groups excluding tert-OH is 2. The number of β-amino-alcohol motifs (C(OH)–C–C–N with tert-alkyl or cyclic N) is 1. The van der Waals surface area contributed by atoms with Gasteiger partial charge in [0.05, 0.1) is 33.9 Å². The Kier molecular flexibility index (Phi) is 7.31. The van der Waals surface area contributed by atoms with Gasteiger partial charge in [-0.25, -0.2) is 4.98 Å². The van der Waals surface area contributed by atoms with E-state index in [1.807, 2.05) is 49.4 Å². The van der Waals surface area contributed by atoms with Crippen molar-refractivity contribution in [2.45, 2.75) is 31.6 Å². The second-order valence-electron chi connectivity index (χ2n) is 9.42. The third-order valence-electron chi connectivity index (χ3n) is 6.73. The van der Waals surface area contributed by atoms with Crippen molar-refractivity contribution < 1.29 is 19.7 Å². The van der Waals surface area contributed by atoms with Gasteiger partial charge >= 0.3 is 0 Å². The van der Waals surface area contributed by atoms with Crippen LogP contribution in [0.5, 0.6) is 5.75 Å². The van der Waals surface area contributed by atoms with E-state index in [1.54, 1.807) is 11.3 Å². The van der Waals surface area contributed by atoms with Gasteiger partial charge < -0.3 is 20.3 Å². The lowest BCUT2D eigenvalue weighted by Gasteiger charge is -2.35. The fourth-order valence-electron chi connectivity index (χ4n) is 4.96. The van der Waals surface area contributed by atoms with Crippen LogP contribution in [0, 0.1) is 6.92 Å². The van der Waals surface area contributed by atoms with E-state index in [0.29, 0.717) is 25.3 Å². The molecule has 3 aromatic rings. The second kappa shape index (κ2) is 10.6. The summed E-state index contributed by atoms with van der Waals surface area (Å²) < 4.78 is 6.93. The number of aromatic nitrogens is 1. The van der Waals surface area contributed by atoms with Gasteiger partial charge in [-0.2, -0.15) is 0 Å². The number of amides is 1. The van der Waals surface area contributed by atoms with Crippen LogP contribution in [-0.2, 0) is 11.2 Å². The molecule has 2 heterocycles. The third kappa shape index (κ3) is 5.82. The van der Waals surface area contributed by atoms with Gasteiger partial charge in [-0.15, -0.1) is 11.3 Å². The third-order valence-corrected chi connectivity index (χ3v) is 7.68. The number of nitrogens with zero attached hydrogens (tertiary/aromatic N) is 3. The first-order valence-corrected chi connectivity index (χ1v) is 12.9. The highest BCUT2D eigenvalue weighted by Crippen LogP contribution is 2.31. The molecule has 1 aliphatic heterocycles. The topological polar surface area (TPSA) is 98.2 Å². The molecule has 2 aromatic carbocycles. The first-order valence-electron chi connectivity index (χ1n) is 12.1. The Balaban J connectivity index is 1.03. The number of ether oxygens (including phenoxy) is 1. The van der Waals surface area contributed by atoms with Gasteiger partial charge in [0.1, 0.15) is 18.5 Å². The quantitative estimate of drug-likeness (QED) is 0.437. The number of aryl methyl sites for hydroxylation is 1. The Labute approximate surface area is 209 Å². The largest absolute Gasteiger partial charge is 0.491 e. The minimum Gasteiger partial charge on any atom is -0.491 e. The molecule has 186 valence electrons. The molecule has 1 fully saturated rings. The van der Waals surface area contributed by atoms with Gasteiger partial charge in [-0.1, -0.05) is 24.3 Å². The molecule has 35 heavy (non-hydrogen) atoms. The van der Waals surface area contributed by atoms with E-state index in [1.165, 1.54) is 0 Å². The average Bonchev–Trinajstić information content (AvgIpc) is 3.37. The zero-order chi connectivity index (χ0) is 24.4. The minimum atomic E-state index is -0.596. The highest BCUT2D eigenvalue weighted by atomic mass is 32.1. The smallest absolute Gasteiger partial charge is 0.234 e. The fraction of sp³-hybridized carbons (Fsp3) is 0.462. The molecule has 5 rings (SSSR count). The summed E-state index contributed by atoms with van der Waals surface area (Å²) in [7, 11) is 0. The van der Waals surface area contributed by atoms with E-state index in [4.69, 9.17) is 4.74 Å². The van der Waals surface area contributed by atoms with Crippen molar-refractivity contribution in [2.75, 3.05) is 45.9 Å². The first-order chi connectivity index (χ1) is 16.9. The molecule has 3 atom stereocenters. The summed E-state index contributed by atoms with van der Waals surface area (Å²) in [6, 6.07) is 13.4. The molecule has 3 N–H and O–H groups in total. The number of aliphatic hydroxyl groups is 2. The summed E-state index contributed by atoms with van der Waals surface area (Å²) in [5, 5.41) is 24.9. The molecular weight excluding hydrogens is 464 g/mol. The molecule has 0 radical (unpaired) electrons. The van der Waals surface area contributed by atoms with Crippen molar-refractivity contribution in [2.24, 2.45) is 0 Å². The summed E-state index contributed by atoms with van der Waals surface area (Å²) in [4.78, 5) is 21.5. The lowest BCUT2D eigenvalue weighted by molar-refractivity contribution is -0.124. The number of rotatable bonds is 8. The van der Waals surface area contributed by atoms with Crippen LogP contribution >= 0.6 is 11.3 Å². The number of carbonyl (C=O) groups is 1. The maximum Gasteiger partial charge on any atom is 0.234 e. The molecule has 0 spiro atoms. The first kappa shape index (κ1) is 24.1. The predicted molar refractivity (Wildman–Crippen MR) is 136 cm³/mol. The van der Waals surface area contributed by atoms with E-state index < -0.39 is 12.2 Å². The van der Waals surface area contributed by atoms with E-state index >= 15 is 0 Å². The van der Waals surface area contributed by atoms with Crippen LogP contribution in [-0.4, -0.2) is 89.0 Å². The number of piperazine rings is 1. The molecule has 0 bridgehead atoms. The lowest BCUT2D eigenvalue weighted by atomic mass is 10.1. The molecule has 1 aliphatic carbocycles. The monoisotopic (exact) mass is 496 g/mol.